The molecule has 158 valence electrons. The first-order valence-corrected chi connectivity index (χ1v) is 10.7. The van der Waals surface area contributed by atoms with Gasteiger partial charge in [0.25, 0.3) is 5.91 Å². The Morgan fingerprint density at radius 3 is 2.27 bits per heavy atom. The lowest BCUT2D eigenvalue weighted by Crippen LogP contribution is -2.50. The number of carbonyl (C=O) groups is 3. The predicted molar refractivity (Wildman–Crippen MR) is 119 cm³/mol. The fourth-order valence-corrected chi connectivity index (χ4v) is 4.24. The zero-order valence-electron chi connectivity index (χ0n) is 16.3. The van der Waals surface area contributed by atoms with Crippen LogP contribution in [-0.2, 0) is 20.7 Å². The Morgan fingerprint density at radius 1 is 1.10 bits per heavy atom. The third kappa shape index (κ3) is 4.63. The van der Waals surface area contributed by atoms with Gasteiger partial charge in [0.15, 0.2) is 0 Å². The van der Waals surface area contributed by atoms with Crippen LogP contribution in [0.3, 0.4) is 0 Å². The van der Waals surface area contributed by atoms with Crippen LogP contribution in [0.15, 0.2) is 46.9 Å². The summed E-state index contributed by atoms with van der Waals surface area (Å²) in [5, 5.41) is 0.622. The zero-order chi connectivity index (χ0) is 22.1. The molecule has 1 unspecified atom stereocenters. The third-order valence-corrected chi connectivity index (χ3v) is 5.83. The van der Waals surface area contributed by atoms with Crippen molar-refractivity contribution in [1.29, 1.82) is 0 Å². The molecular formula is C21H19BrCl2N2O4. The number of hydrogen-bond acceptors (Lipinski definition) is 4. The molecule has 9 heteroatoms. The monoisotopic (exact) mass is 512 g/mol. The number of rotatable bonds is 6. The van der Waals surface area contributed by atoms with Crippen LogP contribution < -0.4 is 4.90 Å². The van der Waals surface area contributed by atoms with Crippen molar-refractivity contribution in [1.82, 2.24) is 4.90 Å². The molecule has 0 N–H and O–H groups in total. The van der Waals surface area contributed by atoms with Crippen LogP contribution in [-0.4, -0.2) is 41.5 Å². The molecule has 0 aliphatic carbocycles. The Balaban J connectivity index is 1.99. The van der Waals surface area contributed by atoms with E-state index in [-0.39, 0.29) is 19.6 Å². The first-order valence-electron chi connectivity index (χ1n) is 9.12. The van der Waals surface area contributed by atoms with E-state index < -0.39 is 23.4 Å². The number of carbonyl (C=O) groups excluding carboxylic acids is 3. The molecule has 30 heavy (non-hydrogen) atoms. The van der Waals surface area contributed by atoms with Crippen LogP contribution in [0.2, 0.25) is 10.0 Å². The van der Waals surface area contributed by atoms with E-state index in [1.165, 1.54) is 30.0 Å². The van der Waals surface area contributed by atoms with Gasteiger partial charge in [0.2, 0.25) is 0 Å². The van der Waals surface area contributed by atoms with Crippen LogP contribution in [0.4, 0.5) is 10.5 Å². The highest BCUT2D eigenvalue weighted by molar-refractivity contribution is 9.10. The first kappa shape index (κ1) is 22.6. The van der Waals surface area contributed by atoms with Crippen molar-refractivity contribution in [3.05, 3.63) is 62.5 Å². The molecule has 0 bridgehead atoms. The number of imide groups is 1. The minimum Gasteiger partial charge on any atom is -0.464 e. The molecule has 0 saturated carbocycles. The number of ether oxygens (including phenoxy) is 1. The van der Waals surface area contributed by atoms with Gasteiger partial charge in [0.1, 0.15) is 12.1 Å². The molecular weight excluding hydrogens is 495 g/mol. The van der Waals surface area contributed by atoms with E-state index in [0.717, 1.165) is 14.9 Å². The maximum atomic E-state index is 13.5. The smallest absolute Gasteiger partial charge is 0.332 e. The molecule has 2 aromatic rings. The normalized spacial score (nSPS) is 18.8. The van der Waals surface area contributed by atoms with Crippen molar-refractivity contribution >= 4 is 62.7 Å². The number of benzene rings is 2. The molecule has 0 spiro atoms. The molecule has 1 fully saturated rings. The van der Waals surface area contributed by atoms with Crippen LogP contribution in [0.1, 0.15) is 19.4 Å². The second-order valence-electron chi connectivity index (χ2n) is 7.12. The molecule has 1 atom stereocenters. The van der Waals surface area contributed by atoms with Gasteiger partial charge < -0.3 is 9.64 Å². The highest BCUT2D eigenvalue weighted by Gasteiger charge is 2.54. The van der Waals surface area contributed by atoms with Crippen LogP contribution in [0.25, 0.3) is 0 Å². The van der Waals surface area contributed by atoms with Gasteiger partial charge >= 0.3 is 12.0 Å². The Labute approximate surface area is 192 Å². The van der Waals surface area contributed by atoms with Crippen LogP contribution in [0.5, 0.6) is 0 Å². The highest BCUT2D eigenvalue weighted by atomic mass is 79.9. The quantitative estimate of drug-likeness (QED) is 0.398. The summed E-state index contributed by atoms with van der Waals surface area (Å²) in [4.78, 5) is 40.4. The van der Waals surface area contributed by atoms with Crippen LogP contribution >= 0.6 is 39.1 Å². The maximum Gasteiger partial charge on any atom is 0.332 e. The van der Waals surface area contributed by atoms with Crippen molar-refractivity contribution in [3.63, 3.8) is 0 Å². The van der Waals surface area contributed by atoms with Crippen molar-refractivity contribution in [3.8, 4) is 0 Å². The lowest BCUT2D eigenvalue weighted by Gasteiger charge is -2.31. The number of amides is 3. The number of anilines is 1. The fraction of sp³-hybridized carbons (Fsp3) is 0.286. The summed E-state index contributed by atoms with van der Waals surface area (Å²) in [5.74, 6) is -0.863. The molecule has 1 saturated heterocycles. The molecule has 3 amide bonds. The molecule has 2 aromatic carbocycles. The van der Waals surface area contributed by atoms with Gasteiger partial charge in [-0.1, -0.05) is 51.3 Å². The highest BCUT2D eigenvalue weighted by Crippen LogP contribution is 2.36. The Hall–Kier alpha value is -2.09. The summed E-state index contributed by atoms with van der Waals surface area (Å²) in [6.07, 6.45) is 0.287. The van der Waals surface area contributed by atoms with Gasteiger partial charge in [0, 0.05) is 27.9 Å². The average molecular weight is 514 g/mol. The Bertz CT molecular complexity index is 979. The molecule has 1 heterocycles. The summed E-state index contributed by atoms with van der Waals surface area (Å²) in [5.41, 5.74) is -0.00956. The lowest BCUT2D eigenvalue weighted by atomic mass is 9.91. The number of nitrogens with zero attached hydrogens (tertiary/aromatic N) is 2. The summed E-state index contributed by atoms with van der Waals surface area (Å²) < 4.78 is 5.92. The second-order valence-corrected chi connectivity index (χ2v) is 8.91. The number of halogens is 3. The van der Waals surface area contributed by atoms with Gasteiger partial charge in [-0.25, -0.2) is 9.69 Å². The van der Waals surface area contributed by atoms with Crippen molar-refractivity contribution in [2.75, 3.05) is 18.1 Å². The lowest BCUT2D eigenvalue weighted by molar-refractivity contribution is -0.141. The fourth-order valence-electron chi connectivity index (χ4n) is 3.46. The molecule has 3 rings (SSSR count). The first-order chi connectivity index (χ1) is 14.1. The van der Waals surface area contributed by atoms with E-state index >= 15 is 0 Å². The molecule has 6 nitrogen and oxygen atoms in total. The Kier molecular flexibility index (Phi) is 6.75. The molecule has 0 radical (unpaired) electrons. The maximum absolute atomic E-state index is 13.5. The molecule has 1 aliphatic heterocycles. The number of hydrogen-bond donors (Lipinski definition) is 0. The second kappa shape index (κ2) is 8.96. The van der Waals surface area contributed by atoms with E-state index in [9.17, 15) is 14.4 Å². The van der Waals surface area contributed by atoms with Gasteiger partial charge in [-0.15, -0.1) is 0 Å². The van der Waals surface area contributed by atoms with Gasteiger partial charge in [0.05, 0.1) is 12.2 Å². The largest absolute Gasteiger partial charge is 0.464 e. The summed E-state index contributed by atoms with van der Waals surface area (Å²) in [7, 11) is 0. The standard InChI is InChI=1S/C21H19BrCl2N2O4/c1-13(27)30-8-7-25-20(29)26(18-10-16(23)9-17(24)11-18)19(28)21(25,2)12-14-3-5-15(22)6-4-14/h3-6,9-11H,7-8,12H2,1-2H3. The van der Waals surface area contributed by atoms with E-state index in [0.29, 0.717) is 15.7 Å². The van der Waals surface area contributed by atoms with E-state index in [1.54, 1.807) is 6.92 Å². The minimum absolute atomic E-state index is 0.0194. The number of esters is 1. The predicted octanol–water partition coefficient (Wildman–Crippen LogP) is 5.09. The average Bonchev–Trinajstić information content (AvgIpc) is 2.83. The van der Waals surface area contributed by atoms with Gasteiger partial charge in [-0.3, -0.25) is 9.59 Å². The van der Waals surface area contributed by atoms with E-state index in [1.807, 2.05) is 24.3 Å². The topological polar surface area (TPSA) is 66.9 Å². The third-order valence-electron chi connectivity index (χ3n) is 4.87. The zero-order valence-corrected chi connectivity index (χ0v) is 19.4. The van der Waals surface area contributed by atoms with Crippen molar-refractivity contribution in [2.45, 2.75) is 25.8 Å². The SMILES string of the molecule is CC(=O)OCCN1C(=O)N(c2cc(Cl)cc(Cl)c2)C(=O)C1(C)Cc1ccc(Br)cc1. The summed E-state index contributed by atoms with van der Waals surface area (Å²) >= 11 is 15.6. The van der Waals surface area contributed by atoms with Gasteiger partial charge in [-0.2, -0.15) is 0 Å². The summed E-state index contributed by atoms with van der Waals surface area (Å²) in [6, 6.07) is 11.5. The van der Waals surface area contributed by atoms with E-state index in [2.05, 4.69) is 15.9 Å². The van der Waals surface area contributed by atoms with Crippen molar-refractivity contribution in [2.24, 2.45) is 0 Å². The number of urea groups is 1. The minimum atomic E-state index is -1.18. The molecule has 0 aromatic heterocycles. The van der Waals surface area contributed by atoms with Crippen molar-refractivity contribution < 1.29 is 19.1 Å². The van der Waals surface area contributed by atoms with Crippen LogP contribution in [0, 0.1) is 0 Å². The van der Waals surface area contributed by atoms with Gasteiger partial charge in [-0.05, 0) is 42.8 Å². The van der Waals surface area contributed by atoms with E-state index in [4.69, 9.17) is 27.9 Å². The summed E-state index contributed by atoms with van der Waals surface area (Å²) in [6.45, 7) is 3.05. The Morgan fingerprint density at radius 2 is 1.70 bits per heavy atom. The molecule has 1 aliphatic rings.